The quantitative estimate of drug-likeness (QED) is 0.167. The normalized spacial score (nSPS) is 14.4. The predicted molar refractivity (Wildman–Crippen MR) is 265 cm³/mol. The van der Waals surface area contributed by atoms with Gasteiger partial charge in [0.2, 0.25) is 0 Å². The van der Waals surface area contributed by atoms with Gasteiger partial charge in [-0.1, -0.05) is 181 Å². The zero-order chi connectivity index (χ0) is 43.1. The number of allylic oxidation sites excluding steroid dienone is 4. The van der Waals surface area contributed by atoms with Gasteiger partial charge in [-0.25, -0.2) is 0 Å². The number of hydrogen-bond acceptors (Lipinski definition) is 3. The molecule has 3 nitrogen and oxygen atoms in total. The average Bonchev–Trinajstić information content (AvgIpc) is 3.84. The molecule has 0 atom stereocenters. The van der Waals surface area contributed by atoms with Crippen molar-refractivity contribution < 1.29 is 9.47 Å². The largest absolute Gasteiger partial charge is 0.449 e. The van der Waals surface area contributed by atoms with Gasteiger partial charge in [0.25, 0.3) is 0 Å². The smallest absolute Gasteiger partial charge is 0.178 e. The van der Waals surface area contributed by atoms with E-state index in [0.717, 1.165) is 52.4 Å². The summed E-state index contributed by atoms with van der Waals surface area (Å²) >= 11 is 0. The van der Waals surface area contributed by atoms with Gasteiger partial charge >= 0.3 is 0 Å². The molecular weight excluding hydrogens is 791 g/mol. The lowest BCUT2D eigenvalue weighted by molar-refractivity contribution is 0.360. The van der Waals surface area contributed by atoms with Crippen molar-refractivity contribution in [2.75, 3.05) is 4.90 Å². The van der Waals surface area contributed by atoms with E-state index < -0.39 is 5.41 Å². The summed E-state index contributed by atoms with van der Waals surface area (Å²) in [5.74, 6) is 2.90. The summed E-state index contributed by atoms with van der Waals surface area (Å²) in [5, 5.41) is 0. The second kappa shape index (κ2) is 14.7. The third-order valence-electron chi connectivity index (χ3n) is 14.0. The van der Waals surface area contributed by atoms with Crippen LogP contribution in [0.5, 0.6) is 23.0 Å². The first-order valence-electron chi connectivity index (χ1n) is 22.6. The molecule has 0 saturated carbocycles. The summed E-state index contributed by atoms with van der Waals surface area (Å²) in [6, 6.07) is 74.6. The van der Waals surface area contributed by atoms with Crippen LogP contribution in [-0.4, -0.2) is 0 Å². The van der Waals surface area contributed by atoms with Crippen molar-refractivity contribution in [2.24, 2.45) is 0 Å². The van der Waals surface area contributed by atoms with Gasteiger partial charge in [0.1, 0.15) is 0 Å². The Balaban J connectivity index is 0.888. The summed E-state index contributed by atoms with van der Waals surface area (Å²) in [4.78, 5) is 2.45. The SMILES string of the molecule is Cc1ccc(C2=CC=C(N(c3cccc(-c4ccc5c(c4)Oc4ccc6c(c4O5)-c4ccccc4C64c5ccccc5-c5ccccc54)c3)c3ccccc3-c3ccccc3)CC2)cc1. The first-order valence-corrected chi connectivity index (χ1v) is 22.6. The monoisotopic (exact) mass is 833 g/mol. The van der Waals surface area contributed by atoms with Gasteiger partial charge < -0.3 is 14.4 Å². The van der Waals surface area contributed by atoms with E-state index in [4.69, 9.17) is 9.47 Å². The molecule has 0 amide bonds. The third-order valence-corrected chi connectivity index (χ3v) is 14.0. The summed E-state index contributed by atoms with van der Waals surface area (Å²) < 4.78 is 13.9. The molecule has 1 heterocycles. The van der Waals surface area contributed by atoms with Crippen LogP contribution in [0.25, 0.3) is 50.1 Å². The highest BCUT2D eigenvalue weighted by molar-refractivity contribution is 5.98. The first kappa shape index (κ1) is 37.4. The number of ether oxygens (including phenoxy) is 2. The lowest BCUT2D eigenvalue weighted by Crippen LogP contribution is -2.25. The van der Waals surface area contributed by atoms with Gasteiger partial charge in [0.05, 0.1) is 11.1 Å². The first-order chi connectivity index (χ1) is 32.1. The number of anilines is 2. The molecule has 3 heteroatoms. The zero-order valence-corrected chi connectivity index (χ0v) is 36.0. The molecule has 0 fully saturated rings. The number of hydrogen-bond donors (Lipinski definition) is 0. The minimum Gasteiger partial charge on any atom is -0.449 e. The van der Waals surface area contributed by atoms with Gasteiger partial charge in [-0.3, -0.25) is 0 Å². The molecule has 1 aliphatic heterocycles. The fourth-order valence-corrected chi connectivity index (χ4v) is 11.0. The summed E-state index contributed by atoms with van der Waals surface area (Å²) in [6.45, 7) is 2.14. The molecule has 9 aromatic rings. The van der Waals surface area contributed by atoms with Crippen molar-refractivity contribution in [3.8, 4) is 67.5 Å². The molecule has 0 saturated heterocycles. The average molecular weight is 834 g/mol. The Morgan fingerprint density at radius 3 is 1.77 bits per heavy atom. The van der Waals surface area contributed by atoms with E-state index in [1.54, 1.807) is 0 Å². The van der Waals surface area contributed by atoms with E-state index >= 15 is 0 Å². The number of benzene rings is 9. The highest BCUT2D eigenvalue weighted by Gasteiger charge is 2.53. The van der Waals surface area contributed by atoms with E-state index in [2.05, 4.69) is 230 Å². The molecular formula is C62H43NO2. The van der Waals surface area contributed by atoms with Crippen molar-refractivity contribution in [3.05, 3.63) is 257 Å². The van der Waals surface area contributed by atoms with E-state index in [0.29, 0.717) is 11.5 Å². The Bertz CT molecular complexity index is 3400. The van der Waals surface area contributed by atoms with Crippen LogP contribution in [0.3, 0.4) is 0 Å². The van der Waals surface area contributed by atoms with Crippen molar-refractivity contribution in [3.63, 3.8) is 0 Å². The minimum atomic E-state index is -0.449. The van der Waals surface area contributed by atoms with Gasteiger partial charge in [-0.15, -0.1) is 0 Å². The van der Waals surface area contributed by atoms with Crippen molar-refractivity contribution in [2.45, 2.75) is 25.2 Å². The van der Waals surface area contributed by atoms with Crippen LogP contribution in [0.2, 0.25) is 0 Å². The lowest BCUT2D eigenvalue weighted by atomic mass is 9.70. The maximum atomic E-state index is 7.00. The Morgan fingerprint density at radius 2 is 1.03 bits per heavy atom. The Morgan fingerprint density at radius 1 is 0.415 bits per heavy atom. The van der Waals surface area contributed by atoms with E-state index in [1.807, 2.05) is 0 Å². The number of fused-ring (bicyclic) bond motifs is 13. The fraction of sp³-hybridized carbons (Fsp3) is 0.0645. The molecule has 3 aliphatic carbocycles. The molecule has 0 N–H and O–H groups in total. The fourth-order valence-electron chi connectivity index (χ4n) is 11.0. The van der Waals surface area contributed by atoms with E-state index in [-0.39, 0.29) is 0 Å². The number of aryl methyl sites for hydroxylation is 1. The topological polar surface area (TPSA) is 21.7 Å². The summed E-state index contributed by atoms with van der Waals surface area (Å²) in [7, 11) is 0. The van der Waals surface area contributed by atoms with Crippen LogP contribution in [0.4, 0.5) is 11.4 Å². The maximum absolute atomic E-state index is 7.00. The Hall–Kier alpha value is -8.14. The molecule has 0 aromatic heterocycles. The molecule has 1 spiro atoms. The molecule has 308 valence electrons. The van der Waals surface area contributed by atoms with Crippen LogP contribution in [-0.2, 0) is 5.41 Å². The van der Waals surface area contributed by atoms with Gasteiger partial charge in [-0.05, 0) is 129 Å². The van der Waals surface area contributed by atoms with Crippen LogP contribution in [0, 0.1) is 6.92 Å². The van der Waals surface area contributed by atoms with Gasteiger partial charge in [0, 0.05) is 22.5 Å². The van der Waals surface area contributed by atoms with Crippen LogP contribution in [0.15, 0.2) is 224 Å². The molecule has 0 unspecified atom stereocenters. The van der Waals surface area contributed by atoms with Crippen LogP contribution in [0.1, 0.15) is 46.2 Å². The maximum Gasteiger partial charge on any atom is 0.178 e. The van der Waals surface area contributed by atoms with Crippen LogP contribution >= 0.6 is 0 Å². The van der Waals surface area contributed by atoms with E-state index in [1.165, 1.54) is 72.5 Å². The van der Waals surface area contributed by atoms with Crippen molar-refractivity contribution in [1.29, 1.82) is 0 Å². The minimum absolute atomic E-state index is 0.449. The van der Waals surface area contributed by atoms with Gasteiger partial charge in [-0.2, -0.15) is 0 Å². The van der Waals surface area contributed by atoms with Crippen molar-refractivity contribution in [1.82, 2.24) is 0 Å². The highest BCUT2D eigenvalue weighted by atomic mass is 16.6. The molecule has 0 radical (unpaired) electrons. The number of para-hydroxylation sites is 1. The standard InChI is InChI=1S/C62H43NO2/c1-40-26-28-41(29-27-40)42-30-33-46(34-31-42)63(56-25-12-8-18-48(56)43-14-3-2-4-15-43)47-17-13-16-44(38-47)45-32-36-57-59(39-45)64-58-37-35-55-60(61(58)65-57)51-21-7-11-24-54(51)62(55)52-22-9-5-19-49(52)50-20-6-10-23-53(50)62/h2-30,32-33,35-39H,31,34H2,1H3. The molecule has 13 rings (SSSR count). The summed E-state index contributed by atoms with van der Waals surface area (Å²) in [6.07, 6.45) is 6.49. The predicted octanol–water partition coefficient (Wildman–Crippen LogP) is 16.5. The third kappa shape index (κ3) is 5.75. The molecule has 4 aliphatic rings. The van der Waals surface area contributed by atoms with Crippen LogP contribution < -0.4 is 14.4 Å². The van der Waals surface area contributed by atoms with Gasteiger partial charge in [0.15, 0.2) is 23.0 Å². The second-order valence-corrected chi connectivity index (χ2v) is 17.6. The van der Waals surface area contributed by atoms with E-state index in [9.17, 15) is 0 Å². The molecule has 9 aromatic carbocycles. The lowest BCUT2D eigenvalue weighted by Gasteiger charge is -2.32. The Labute approximate surface area is 379 Å². The molecule has 65 heavy (non-hydrogen) atoms. The second-order valence-electron chi connectivity index (χ2n) is 17.6. The number of nitrogens with zero attached hydrogens (tertiary/aromatic N) is 1. The zero-order valence-electron chi connectivity index (χ0n) is 36.0. The van der Waals surface area contributed by atoms with Crippen molar-refractivity contribution >= 4 is 16.9 Å². The summed E-state index contributed by atoms with van der Waals surface area (Å²) in [5.41, 5.74) is 21.5. The highest BCUT2D eigenvalue weighted by Crippen LogP contribution is 2.66. The number of rotatable bonds is 6. The molecule has 0 bridgehead atoms. The Kier molecular flexibility index (Phi) is 8.48.